The summed E-state index contributed by atoms with van der Waals surface area (Å²) in [6.45, 7) is 1.75. The van der Waals surface area contributed by atoms with Gasteiger partial charge in [0.1, 0.15) is 0 Å². The topological polar surface area (TPSA) is 46.3 Å². The van der Waals surface area contributed by atoms with E-state index in [4.69, 9.17) is 5.73 Å². The van der Waals surface area contributed by atoms with Crippen LogP contribution in [0.5, 0.6) is 0 Å². The summed E-state index contributed by atoms with van der Waals surface area (Å²) >= 11 is 0. The van der Waals surface area contributed by atoms with E-state index in [0.29, 0.717) is 12.3 Å². The smallest absolute Gasteiger partial charge is 0.222 e. The van der Waals surface area contributed by atoms with Gasteiger partial charge in [0, 0.05) is 25.2 Å². The lowest BCUT2D eigenvalue weighted by molar-refractivity contribution is -0.131. The monoisotopic (exact) mass is 322 g/mol. The van der Waals surface area contributed by atoms with Crippen LogP contribution in [0.2, 0.25) is 0 Å². The quantitative estimate of drug-likeness (QED) is 0.865. The van der Waals surface area contributed by atoms with Crippen LogP contribution in [0.3, 0.4) is 0 Å². The van der Waals surface area contributed by atoms with Crippen molar-refractivity contribution in [3.05, 3.63) is 65.7 Å². The van der Waals surface area contributed by atoms with Gasteiger partial charge < -0.3 is 10.6 Å². The van der Waals surface area contributed by atoms with Crippen molar-refractivity contribution in [2.75, 3.05) is 18.8 Å². The maximum atomic E-state index is 12.6. The molecule has 0 radical (unpaired) electrons. The van der Waals surface area contributed by atoms with E-state index in [2.05, 4.69) is 30.3 Å². The first-order valence-electron chi connectivity index (χ1n) is 8.90. The number of likely N-dealkylation sites (tertiary alicyclic amines) is 1. The van der Waals surface area contributed by atoms with E-state index >= 15 is 0 Å². The second-order valence-electron chi connectivity index (χ2n) is 6.62. The Morgan fingerprint density at radius 3 is 2.54 bits per heavy atom. The van der Waals surface area contributed by atoms with E-state index in [1.54, 1.807) is 0 Å². The molecule has 3 heteroatoms. The minimum atomic E-state index is 0.256. The van der Waals surface area contributed by atoms with Gasteiger partial charge in [-0.1, -0.05) is 48.5 Å². The molecular weight excluding hydrogens is 296 g/mol. The predicted octanol–water partition coefficient (Wildman–Crippen LogP) is 4.00. The molecule has 24 heavy (non-hydrogen) atoms. The molecule has 0 spiro atoms. The third-order valence-electron chi connectivity index (χ3n) is 5.02. The Morgan fingerprint density at radius 1 is 1.00 bits per heavy atom. The Balaban J connectivity index is 1.54. The molecule has 1 saturated heterocycles. The van der Waals surface area contributed by atoms with Crippen LogP contribution in [0.25, 0.3) is 0 Å². The first-order valence-corrected chi connectivity index (χ1v) is 8.90. The number of rotatable bonds is 4. The number of hydrogen-bond donors (Lipinski definition) is 1. The van der Waals surface area contributed by atoms with Gasteiger partial charge in [-0.3, -0.25) is 4.79 Å². The van der Waals surface area contributed by atoms with Gasteiger partial charge in [0.25, 0.3) is 0 Å². The molecule has 0 bridgehead atoms. The summed E-state index contributed by atoms with van der Waals surface area (Å²) in [5, 5.41) is 0. The van der Waals surface area contributed by atoms with Gasteiger partial charge in [-0.15, -0.1) is 0 Å². The lowest BCUT2D eigenvalue weighted by atomic mass is 9.92. The van der Waals surface area contributed by atoms with Crippen molar-refractivity contribution >= 4 is 11.6 Å². The third kappa shape index (κ3) is 4.16. The van der Waals surface area contributed by atoms with E-state index in [1.165, 1.54) is 12.0 Å². The van der Waals surface area contributed by atoms with Gasteiger partial charge in [-0.05, 0) is 48.8 Å². The minimum absolute atomic E-state index is 0.256. The summed E-state index contributed by atoms with van der Waals surface area (Å²) in [5.41, 5.74) is 9.23. The Hall–Kier alpha value is -2.29. The zero-order valence-corrected chi connectivity index (χ0v) is 14.2. The van der Waals surface area contributed by atoms with E-state index in [1.807, 2.05) is 29.2 Å². The molecule has 1 unspecified atom stereocenters. The van der Waals surface area contributed by atoms with Crippen LogP contribution < -0.4 is 5.73 Å². The van der Waals surface area contributed by atoms with Crippen molar-refractivity contribution in [3.8, 4) is 0 Å². The number of hydrogen-bond acceptors (Lipinski definition) is 2. The number of aryl methyl sites for hydroxylation is 1. The van der Waals surface area contributed by atoms with Gasteiger partial charge in [-0.2, -0.15) is 0 Å². The summed E-state index contributed by atoms with van der Waals surface area (Å²) < 4.78 is 0. The molecule has 126 valence electrons. The predicted molar refractivity (Wildman–Crippen MR) is 98.8 cm³/mol. The van der Waals surface area contributed by atoms with Crippen LogP contribution in [0.4, 0.5) is 5.69 Å². The molecule has 0 saturated carbocycles. The summed E-state index contributed by atoms with van der Waals surface area (Å²) in [6.07, 6.45) is 4.58. The number of nitrogens with zero attached hydrogens (tertiary/aromatic N) is 1. The number of carbonyl (C=O) groups excluding carboxylic acids is 1. The maximum Gasteiger partial charge on any atom is 0.222 e. The molecule has 3 rings (SSSR count). The lowest BCUT2D eigenvalue weighted by Crippen LogP contribution is -2.32. The number of nitrogen functional groups attached to an aromatic ring is 1. The van der Waals surface area contributed by atoms with E-state index in [9.17, 15) is 4.79 Å². The number of anilines is 1. The van der Waals surface area contributed by atoms with Crippen molar-refractivity contribution in [1.82, 2.24) is 4.90 Å². The molecule has 0 aromatic heterocycles. The van der Waals surface area contributed by atoms with Crippen LogP contribution in [-0.2, 0) is 11.2 Å². The molecule has 0 aliphatic carbocycles. The zero-order valence-electron chi connectivity index (χ0n) is 14.2. The van der Waals surface area contributed by atoms with Gasteiger partial charge in [0.15, 0.2) is 0 Å². The van der Waals surface area contributed by atoms with Crippen LogP contribution in [0.1, 0.15) is 42.7 Å². The molecule has 1 aliphatic heterocycles. The highest BCUT2D eigenvalue weighted by atomic mass is 16.2. The van der Waals surface area contributed by atoms with Crippen LogP contribution in [0.15, 0.2) is 54.6 Å². The number of amides is 1. The fourth-order valence-electron chi connectivity index (χ4n) is 3.57. The molecule has 1 fully saturated rings. The normalized spacial score (nSPS) is 18.2. The highest BCUT2D eigenvalue weighted by Crippen LogP contribution is 2.28. The van der Waals surface area contributed by atoms with Crippen molar-refractivity contribution < 1.29 is 4.79 Å². The summed E-state index contributed by atoms with van der Waals surface area (Å²) in [7, 11) is 0. The molecule has 1 amide bonds. The standard InChI is InChI=1S/C21H26N2O/c22-20-11-5-4-9-19(20)12-13-21(24)23-15-6-10-18(14-16-23)17-7-2-1-3-8-17/h1-5,7-9,11,18H,6,10,12-16,22H2. The molecule has 2 aromatic rings. The summed E-state index contributed by atoms with van der Waals surface area (Å²) in [4.78, 5) is 14.6. The Kier molecular flexibility index (Phi) is 5.52. The zero-order chi connectivity index (χ0) is 16.8. The molecule has 1 heterocycles. The van der Waals surface area contributed by atoms with E-state index in [-0.39, 0.29) is 5.91 Å². The van der Waals surface area contributed by atoms with Crippen molar-refractivity contribution in [1.29, 1.82) is 0 Å². The van der Waals surface area contributed by atoms with Gasteiger partial charge in [0.2, 0.25) is 5.91 Å². The molecule has 1 atom stereocenters. The second-order valence-corrected chi connectivity index (χ2v) is 6.62. The van der Waals surface area contributed by atoms with Gasteiger partial charge >= 0.3 is 0 Å². The van der Waals surface area contributed by atoms with Crippen molar-refractivity contribution in [2.24, 2.45) is 0 Å². The maximum absolute atomic E-state index is 12.6. The fourth-order valence-corrected chi connectivity index (χ4v) is 3.57. The first-order chi connectivity index (χ1) is 11.7. The molecular formula is C21H26N2O. The molecule has 3 nitrogen and oxygen atoms in total. The second kappa shape index (κ2) is 8.00. The number of para-hydroxylation sites is 1. The highest BCUT2D eigenvalue weighted by Gasteiger charge is 2.21. The third-order valence-corrected chi connectivity index (χ3v) is 5.02. The Bertz CT molecular complexity index is 669. The molecule has 2 aromatic carbocycles. The van der Waals surface area contributed by atoms with Gasteiger partial charge in [0.05, 0.1) is 0 Å². The molecule has 2 N–H and O–H groups in total. The highest BCUT2D eigenvalue weighted by molar-refractivity contribution is 5.76. The minimum Gasteiger partial charge on any atom is -0.399 e. The Labute approximate surface area is 144 Å². The largest absolute Gasteiger partial charge is 0.399 e. The first kappa shape index (κ1) is 16.6. The average Bonchev–Trinajstić information content (AvgIpc) is 2.88. The van der Waals surface area contributed by atoms with E-state index < -0.39 is 0 Å². The number of carbonyl (C=O) groups is 1. The fraction of sp³-hybridized carbons (Fsp3) is 0.381. The SMILES string of the molecule is Nc1ccccc1CCC(=O)N1CCCC(c2ccccc2)CC1. The number of benzene rings is 2. The van der Waals surface area contributed by atoms with Crippen molar-refractivity contribution in [3.63, 3.8) is 0 Å². The summed E-state index contributed by atoms with van der Waals surface area (Å²) in [5.74, 6) is 0.834. The molecule has 1 aliphatic rings. The van der Waals surface area contributed by atoms with Crippen LogP contribution in [0, 0.1) is 0 Å². The van der Waals surface area contributed by atoms with Crippen LogP contribution >= 0.6 is 0 Å². The van der Waals surface area contributed by atoms with Gasteiger partial charge in [-0.25, -0.2) is 0 Å². The van der Waals surface area contributed by atoms with Crippen LogP contribution in [-0.4, -0.2) is 23.9 Å². The average molecular weight is 322 g/mol. The lowest BCUT2D eigenvalue weighted by Gasteiger charge is -2.21. The number of nitrogens with two attached hydrogens (primary N) is 1. The van der Waals surface area contributed by atoms with Crippen molar-refractivity contribution in [2.45, 2.75) is 38.0 Å². The summed E-state index contributed by atoms with van der Waals surface area (Å²) in [6, 6.07) is 18.5. The van der Waals surface area contributed by atoms with E-state index in [0.717, 1.165) is 43.6 Å². The Morgan fingerprint density at radius 2 is 1.75 bits per heavy atom.